The average molecular weight is 251 g/mol. The van der Waals surface area contributed by atoms with Crippen LogP contribution in [0.4, 0.5) is 0 Å². The predicted molar refractivity (Wildman–Crippen MR) is 70.7 cm³/mol. The van der Waals surface area contributed by atoms with E-state index in [1.165, 1.54) is 6.07 Å². The number of rotatable bonds is 6. The molecule has 0 bridgehead atoms. The van der Waals surface area contributed by atoms with Gasteiger partial charge >= 0.3 is 0 Å². The first-order chi connectivity index (χ1) is 8.54. The van der Waals surface area contributed by atoms with Gasteiger partial charge < -0.3 is 15.5 Å². The van der Waals surface area contributed by atoms with Crippen LogP contribution in [0.1, 0.15) is 35.7 Å². The van der Waals surface area contributed by atoms with E-state index in [1.54, 1.807) is 19.1 Å². The maximum Gasteiger partial charge on any atom is 0.251 e. The van der Waals surface area contributed by atoms with Gasteiger partial charge in [-0.05, 0) is 49.4 Å². The molecule has 0 aliphatic rings. The van der Waals surface area contributed by atoms with Crippen LogP contribution in [0, 0.1) is 12.8 Å². The number of carbonyl (C=O) groups excluding carboxylic acids is 1. The number of aliphatic hydroxyl groups is 1. The van der Waals surface area contributed by atoms with E-state index in [0.717, 1.165) is 12.8 Å². The summed E-state index contributed by atoms with van der Waals surface area (Å²) in [6.07, 6.45) is 1.75. The van der Waals surface area contributed by atoms with Crippen LogP contribution in [0.2, 0.25) is 0 Å². The lowest BCUT2D eigenvalue weighted by atomic mass is 10.1. The molecule has 0 spiro atoms. The second-order valence-electron chi connectivity index (χ2n) is 4.69. The molecule has 1 atom stereocenters. The average Bonchev–Trinajstić information content (AvgIpc) is 2.37. The maximum atomic E-state index is 11.8. The molecule has 0 saturated carbocycles. The Morgan fingerprint density at radius 2 is 2.17 bits per heavy atom. The summed E-state index contributed by atoms with van der Waals surface area (Å²) < 4.78 is 0. The highest BCUT2D eigenvalue weighted by Crippen LogP contribution is 2.16. The molecule has 1 aromatic carbocycles. The normalized spacial score (nSPS) is 12.2. The van der Waals surface area contributed by atoms with Gasteiger partial charge in [-0.15, -0.1) is 0 Å². The van der Waals surface area contributed by atoms with E-state index in [-0.39, 0.29) is 24.2 Å². The number of aryl methyl sites for hydroxylation is 1. The molecule has 0 aromatic heterocycles. The predicted octanol–water partition coefficient (Wildman–Crippen LogP) is 1.84. The van der Waals surface area contributed by atoms with Gasteiger partial charge in [0.05, 0.1) is 0 Å². The molecule has 4 nitrogen and oxygen atoms in total. The smallest absolute Gasteiger partial charge is 0.251 e. The zero-order chi connectivity index (χ0) is 13.5. The first-order valence-corrected chi connectivity index (χ1v) is 6.23. The number of phenolic OH excluding ortho intramolecular Hbond substituents is 1. The van der Waals surface area contributed by atoms with Gasteiger partial charge in [0.1, 0.15) is 5.75 Å². The highest BCUT2D eigenvalue weighted by molar-refractivity contribution is 5.94. The van der Waals surface area contributed by atoms with Gasteiger partial charge in [-0.2, -0.15) is 0 Å². The van der Waals surface area contributed by atoms with Crippen molar-refractivity contribution in [2.45, 2.75) is 26.7 Å². The first-order valence-electron chi connectivity index (χ1n) is 6.23. The van der Waals surface area contributed by atoms with Crippen molar-refractivity contribution in [3.05, 3.63) is 29.3 Å². The molecule has 100 valence electrons. The monoisotopic (exact) mass is 251 g/mol. The van der Waals surface area contributed by atoms with Crippen LogP contribution in [0.5, 0.6) is 5.75 Å². The summed E-state index contributed by atoms with van der Waals surface area (Å²) in [4.78, 5) is 11.8. The van der Waals surface area contributed by atoms with Crippen molar-refractivity contribution < 1.29 is 15.0 Å². The fourth-order valence-electron chi connectivity index (χ4n) is 1.64. The van der Waals surface area contributed by atoms with Crippen molar-refractivity contribution in [3.63, 3.8) is 0 Å². The van der Waals surface area contributed by atoms with E-state index in [2.05, 4.69) is 5.32 Å². The van der Waals surface area contributed by atoms with Crippen LogP contribution in [-0.4, -0.2) is 29.3 Å². The zero-order valence-corrected chi connectivity index (χ0v) is 10.9. The first kappa shape index (κ1) is 14.5. The molecule has 0 aliphatic heterocycles. The summed E-state index contributed by atoms with van der Waals surface area (Å²) in [5, 5.41) is 21.1. The molecule has 1 unspecified atom stereocenters. The Morgan fingerprint density at radius 3 is 2.78 bits per heavy atom. The molecule has 18 heavy (non-hydrogen) atoms. The molecule has 0 radical (unpaired) electrons. The third-order valence-electron chi connectivity index (χ3n) is 2.93. The summed E-state index contributed by atoms with van der Waals surface area (Å²) in [5.41, 5.74) is 1.25. The Morgan fingerprint density at radius 1 is 1.44 bits per heavy atom. The molecule has 0 saturated heterocycles. The lowest BCUT2D eigenvalue weighted by Crippen LogP contribution is -2.24. The SMILES string of the molecule is Cc1cc(C(=O)NCCCC(C)CO)ccc1O. The third kappa shape index (κ3) is 4.37. The summed E-state index contributed by atoms with van der Waals surface area (Å²) >= 11 is 0. The number of hydrogen-bond acceptors (Lipinski definition) is 3. The van der Waals surface area contributed by atoms with Crippen molar-refractivity contribution in [2.24, 2.45) is 5.92 Å². The topological polar surface area (TPSA) is 69.6 Å². The Labute approximate surface area is 108 Å². The van der Waals surface area contributed by atoms with Crippen LogP contribution in [0.15, 0.2) is 18.2 Å². The number of aromatic hydroxyl groups is 1. The molecule has 0 fully saturated rings. The lowest BCUT2D eigenvalue weighted by molar-refractivity contribution is 0.0952. The summed E-state index contributed by atoms with van der Waals surface area (Å²) in [6, 6.07) is 4.80. The molecule has 1 aromatic rings. The quantitative estimate of drug-likeness (QED) is 0.676. The van der Waals surface area contributed by atoms with Gasteiger partial charge in [0, 0.05) is 18.7 Å². The minimum Gasteiger partial charge on any atom is -0.508 e. The number of hydrogen-bond donors (Lipinski definition) is 3. The third-order valence-corrected chi connectivity index (χ3v) is 2.93. The van der Waals surface area contributed by atoms with Crippen molar-refractivity contribution >= 4 is 5.91 Å². The van der Waals surface area contributed by atoms with E-state index < -0.39 is 0 Å². The van der Waals surface area contributed by atoms with E-state index in [9.17, 15) is 9.90 Å². The Balaban J connectivity index is 2.39. The van der Waals surface area contributed by atoms with Gasteiger partial charge in [-0.25, -0.2) is 0 Å². The number of aliphatic hydroxyl groups excluding tert-OH is 1. The fourth-order valence-corrected chi connectivity index (χ4v) is 1.64. The second-order valence-corrected chi connectivity index (χ2v) is 4.69. The Hall–Kier alpha value is -1.55. The molecule has 1 amide bonds. The molecule has 3 N–H and O–H groups in total. The van der Waals surface area contributed by atoms with Crippen molar-refractivity contribution in [1.82, 2.24) is 5.32 Å². The lowest BCUT2D eigenvalue weighted by Gasteiger charge is -2.09. The number of phenols is 1. The Kier molecular flexibility index (Phi) is 5.65. The van der Waals surface area contributed by atoms with E-state index in [4.69, 9.17) is 5.11 Å². The summed E-state index contributed by atoms with van der Waals surface area (Å²) in [7, 11) is 0. The molecular formula is C14H21NO3. The van der Waals surface area contributed by atoms with Crippen LogP contribution >= 0.6 is 0 Å². The second kappa shape index (κ2) is 7.01. The van der Waals surface area contributed by atoms with Gasteiger partial charge in [0.15, 0.2) is 0 Å². The number of amides is 1. The molecule has 4 heteroatoms. The van der Waals surface area contributed by atoms with Crippen LogP contribution in [-0.2, 0) is 0 Å². The van der Waals surface area contributed by atoms with E-state index >= 15 is 0 Å². The summed E-state index contributed by atoms with van der Waals surface area (Å²) in [5.74, 6) is 0.343. The Bertz CT molecular complexity index is 404. The number of carbonyl (C=O) groups is 1. The van der Waals surface area contributed by atoms with Crippen molar-refractivity contribution in [3.8, 4) is 5.75 Å². The highest BCUT2D eigenvalue weighted by atomic mass is 16.3. The zero-order valence-electron chi connectivity index (χ0n) is 10.9. The number of benzene rings is 1. The van der Waals surface area contributed by atoms with Crippen LogP contribution in [0.25, 0.3) is 0 Å². The molecule has 1 rings (SSSR count). The maximum absolute atomic E-state index is 11.8. The van der Waals surface area contributed by atoms with E-state index in [0.29, 0.717) is 17.7 Å². The van der Waals surface area contributed by atoms with Crippen molar-refractivity contribution in [2.75, 3.05) is 13.2 Å². The van der Waals surface area contributed by atoms with Gasteiger partial charge in [0.2, 0.25) is 0 Å². The van der Waals surface area contributed by atoms with Gasteiger partial charge in [-0.3, -0.25) is 4.79 Å². The summed E-state index contributed by atoms with van der Waals surface area (Å²) in [6.45, 7) is 4.52. The highest BCUT2D eigenvalue weighted by Gasteiger charge is 2.07. The molecular weight excluding hydrogens is 230 g/mol. The van der Waals surface area contributed by atoms with Crippen LogP contribution in [0.3, 0.4) is 0 Å². The fraction of sp³-hybridized carbons (Fsp3) is 0.500. The van der Waals surface area contributed by atoms with Gasteiger partial charge in [-0.1, -0.05) is 6.92 Å². The standard InChI is InChI=1S/C14H21NO3/c1-10(9-16)4-3-7-15-14(18)12-5-6-13(17)11(2)8-12/h5-6,8,10,16-17H,3-4,7,9H2,1-2H3,(H,15,18). The van der Waals surface area contributed by atoms with E-state index in [1.807, 2.05) is 6.92 Å². The minimum absolute atomic E-state index is 0.130. The largest absolute Gasteiger partial charge is 0.508 e. The molecule has 0 heterocycles. The molecule has 0 aliphatic carbocycles. The number of nitrogens with one attached hydrogen (secondary N) is 1. The van der Waals surface area contributed by atoms with Gasteiger partial charge in [0.25, 0.3) is 5.91 Å². The van der Waals surface area contributed by atoms with Crippen LogP contribution < -0.4 is 5.32 Å². The van der Waals surface area contributed by atoms with Crippen molar-refractivity contribution in [1.29, 1.82) is 0 Å². The minimum atomic E-state index is -0.130.